The molecule has 8 heteroatoms. The third-order valence-electron chi connectivity index (χ3n) is 4.35. The van der Waals surface area contributed by atoms with Crippen molar-refractivity contribution in [3.8, 4) is 11.5 Å². The summed E-state index contributed by atoms with van der Waals surface area (Å²) in [6.07, 6.45) is 0. The second kappa shape index (κ2) is 9.32. The lowest BCUT2D eigenvalue weighted by Crippen LogP contribution is -2.26. The Morgan fingerprint density at radius 3 is 2.23 bits per heavy atom. The maximum absolute atomic E-state index is 12.7. The number of methoxy groups -OCH3 is 1. The molecular formula is C22H22N2O5S. The Bertz CT molecular complexity index is 1100. The van der Waals surface area contributed by atoms with Crippen LogP contribution in [0, 0.1) is 0 Å². The van der Waals surface area contributed by atoms with Crippen LogP contribution in [0.4, 0.5) is 11.4 Å². The number of ether oxygens (including phenoxy) is 2. The van der Waals surface area contributed by atoms with E-state index in [1.54, 1.807) is 72.8 Å². The number of anilines is 2. The molecule has 0 unspecified atom stereocenters. The molecule has 0 atom stereocenters. The van der Waals surface area contributed by atoms with Crippen LogP contribution < -0.4 is 19.1 Å². The maximum Gasteiger partial charge on any atom is 0.264 e. The van der Waals surface area contributed by atoms with Crippen molar-refractivity contribution >= 4 is 27.3 Å². The quantitative estimate of drug-likeness (QED) is 0.596. The molecule has 0 radical (unpaired) electrons. The highest BCUT2D eigenvalue weighted by Gasteiger charge is 2.20. The Hall–Kier alpha value is -3.52. The number of amides is 1. The van der Waals surface area contributed by atoms with Crippen molar-refractivity contribution in [2.75, 3.05) is 30.4 Å². The molecule has 3 aromatic carbocycles. The van der Waals surface area contributed by atoms with Crippen molar-refractivity contribution in [3.05, 3.63) is 78.9 Å². The Morgan fingerprint density at radius 2 is 1.57 bits per heavy atom. The monoisotopic (exact) mass is 426 g/mol. The fourth-order valence-corrected chi connectivity index (χ4v) is 3.94. The molecule has 0 fully saturated rings. The Kier molecular flexibility index (Phi) is 6.58. The Morgan fingerprint density at radius 1 is 0.933 bits per heavy atom. The molecule has 0 saturated heterocycles. The van der Waals surface area contributed by atoms with Crippen molar-refractivity contribution in [1.82, 2.24) is 0 Å². The topological polar surface area (TPSA) is 84.9 Å². The molecule has 156 valence electrons. The number of nitrogens with one attached hydrogen (secondary N) is 1. The largest absolute Gasteiger partial charge is 0.495 e. The van der Waals surface area contributed by atoms with Crippen molar-refractivity contribution < 1.29 is 22.7 Å². The molecule has 0 heterocycles. The van der Waals surface area contributed by atoms with Crippen LogP contribution in [0.5, 0.6) is 11.5 Å². The molecule has 3 rings (SSSR count). The van der Waals surface area contributed by atoms with Crippen molar-refractivity contribution in [3.63, 3.8) is 0 Å². The van der Waals surface area contributed by atoms with Gasteiger partial charge in [-0.25, -0.2) is 8.42 Å². The maximum atomic E-state index is 12.7. The number of hydrogen-bond acceptors (Lipinski definition) is 5. The van der Waals surface area contributed by atoms with Crippen LogP contribution in [0.25, 0.3) is 0 Å². The summed E-state index contributed by atoms with van der Waals surface area (Å²) < 4.78 is 37.3. The molecule has 0 aliphatic rings. The summed E-state index contributed by atoms with van der Waals surface area (Å²) in [4.78, 5) is 12.3. The highest BCUT2D eigenvalue weighted by molar-refractivity contribution is 7.92. The van der Waals surface area contributed by atoms with E-state index in [4.69, 9.17) is 9.47 Å². The normalized spacial score (nSPS) is 10.9. The minimum absolute atomic E-state index is 0.199. The van der Waals surface area contributed by atoms with Gasteiger partial charge in [0.2, 0.25) is 0 Å². The van der Waals surface area contributed by atoms with Gasteiger partial charge in [-0.15, -0.1) is 0 Å². The SMILES string of the molecule is COc1ccccc1NC(=O)COc1ccc(N(C)S(=O)(=O)c2ccccc2)cc1. The summed E-state index contributed by atoms with van der Waals surface area (Å²) in [6.45, 7) is -0.199. The second-order valence-corrected chi connectivity index (χ2v) is 8.29. The summed E-state index contributed by atoms with van der Waals surface area (Å²) in [5, 5.41) is 2.72. The number of benzene rings is 3. The van der Waals surface area contributed by atoms with Crippen molar-refractivity contribution in [2.24, 2.45) is 0 Å². The van der Waals surface area contributed by atoms with Gasteiger partial charge in [-0.3, -0.25) is 9.10 Å². The van der Waals surface area contributed by atoms with Gasteiger partial charge in [0, 0.05) is 7.05 Å². The van der Waals surface area contributed by atoms with E-state index in [-0.39, 0.29) is 17.4 Å². The zero-order chi connectivity index (χ0) is 21.6. The average Bonchev–Trinajstić information content (AvgIpc) is 2.78. The number of carbonyl (C=O) groups excluding carboxylic acids is 1. The summed E-state index contributed by atoms with van der Waals surface area (Å²) in [5.74, 6) is 0.657. The number of sulfonamides is 1. The summed E-state index contributed by atoms with van der Waals surface area (Å²) in [7, 11) is -0.644. The number of rotatable bonds is 8. The minimum atomic E-state index is -3.66. The van der Waals surface area contributed by atoms with Crippen LogP contribution in [-0.4, -0.2) is 35.1 Å². The van der Waals surface area contributed by atoms with Gasteiger partial charge in [-0.05, 0) is 48.5 Å². The van der Waals surface area contributed by atoms with Crippen LogP contribution >= 0.6 is 0 Å². The van der Waals surface area contributed by atoms with E-state index in [2.05, 4.69) is 5.32 Å². The number of hydrogen-bond donors (Lipinski definition) is 1. The molecular weight excluding hydrogens is 404 g/mol. The Labute approximate surface area is 175 Å². The summed E-state index contributed by atoms with van der Waals surface area (Å²) >= 11 is 0. The van der Waals surface area contributed by atoms with Crippen molar-refractivity contribution in [2.45, 2.75) is 4.90 Å². The lowest BCUT2D eigenvalue weighted by molar-refractivity contribution is -0.118. The van der Waals surface area contributed by atoms with E-state index in [9.17, 15) is 13.2 Å². The van der Waals surface area contributed by atoms with Crippen LogP contribution in [0.3, 0.4) is 0 Å². The number of carbonyl (C=O) groups is 1. The number of nitrogens with zero attached hydrogens (tertiary/aromatic N) is 1. The molecule has 1 N–H and O–H groups in total. The first-order chi connectivity index (χ1) is 14.4. The summed E-state index contributed by atoms with van der Waals surface area (Å²) in [6, 6.07) is 21.7. The van der Waals surface area contributed by atoms with E-state index in [1.807, 2.05) is 6.07 Å². The molecule has 1 amide bonds. The predicted octanol–water partition coefficient (Wildman–Crippen LogP) is 3.54. The lowest BCUT2D eigenvalue weighted by Gasteiger charge is -2.19. The van der Waals surface area contributed by atoms with Crippen LogP contribution in [-0.2, 0) is 14.8 Å². The molecule has 0 aliphatic carbocycles. The first-order valence-corrected chi connectivity index (χ1v) is 10.6. The Balaban J connectivity index is 1.61. The van der Waals surface area contributed by atoms with Gasteiger partial charge in [0.1, 0.15) is 11.5 Å². The number of para-hydroxylation sites is 2. The second-order valence-electron chi connectivity index (χ2n) is 6.32. The first-order valence-electron chi connectivity index (χ1n) is 9.11. The van der Waals surface area contributed by atoms with Crippen LogP contribution in [0.15, 0.2) is 83.8 Å². The van der Waals surface area contributed by atoms with E-state index < -0.39 is 10.0 Å². The van der Waals surface area contributed by atoms with Gasteiger partial charge in [-0.1, -0.05) is 30.3 Å². The molecule has 0 saturated carbocycles. The standard InChI is InChI=1S/C22H22N2O5S/c1-24(30(26,27)19-8-4-3-5-9-19)17-12-14-18(15-13-17)29-16-22(25)23-20-10-6-7-11-21(20)28-2/h3-15H,16H2,1-2H3,(H,23,25). The smallest absolute Gasteiger partial charge is 0.264 e. The van der Waals surface area contributed by atoms with Crippen LogP contribution in [0.1, 0.15) is 0 Å². The molecule has 7 nitrogen and oxygen atoms in total. The molecule has 0 bridgehead atoms. The van der Waals surface area contributed by atoms with E-state index in [1.165, 1.54) is 18.5 Å². The van der Waals surface area contributed by atoms with E-state index in [0.29, 0.717) is 22.9 Å². The molecule has 0 spiro atoms. The summed E-state index contributed by atoms with van der Waals surface area (Å²) in [5.41, 5.74) is 1.03. The molecule has 0 aromatic heterocycles. The highest BCUT2D eigenvalue weighted by Crippen LogP contribution is 2.25. The highest BCUT2D eigenvalue weighted by atomic mass is 32.2. The third kappa shape index (κ3) is 4.90. The predicted molar refractivity (Wildman–Crippen MR) is 116 cm³/mol. The van der Waals surface area contributed by atoms with Crippen molar-refractivity contribution in [1.29, 1.82) is 0 Å². The zero-order valence-corrected chi connectivity index (χ0v) is 17.4. The first kappa shape index (κ1) is 21.2. The van der Waals surface area contributed by atoms with Gasteiger partial charge in [0.25, 0.3) is 15.9 Å². The minimum Gasteiger partial charge on any atom is -0.495 e. The molecule has 30 heavy (non-hydrogen) atoms. The van der Waals surface area contributed by atoms with Crippen LogP contribution in [0.2, 0.25) is 0 Å². The molecule has 3 aromatic rings. The van der Waals surface area contributed by atoms with E-state index in [0.717, 1.165) is 0 Å². The zero-order valence-electron chi connectivity index (χ0n) is 16.6. The van der Waals surface area contributed by atoms with Gasteiger partial charge in [0.05, 0.1) is 23.4 Å². The third-order valence-corrected chi connectivity index (χ3v) is 6.15. The van der Waals surface area contributed by atoms with Gasteiger partial charge < -0.3 is 14.8 Å². The molecule has 0 aliphatic heterocycles. The van der Waals surface area contributed by atoms with E-state index >= 15 is 0 Å². The fourth-order valence-electron chi connectivity index (χ4n) is 2.72. The fraction of sp³-hybridized carbons (Fsp3) is 0.136. The lowest BCUT2D eigenvalue weighted by atomic mass is 10.3. The van der Waals surface area contributed by atoms with Gasteiger partial charge >= 0.3 is 0 Å². The van der Waals surface area contributed by atoms with Gasteiger partial charge in [-0.2, -0.15) is 0 Å². The average molecular weight is 426 g/mol. The van der Waals surface area contributed by atoms with Gasteiger partial charge in [0.15, 0.2) is 6.61 Å².